The second kappa shape index (κ2) is 6.20. The molecule has 2 rings (SSSR count). The molecule has 0 fully saturated rings. The van der Waals surface area contributed by atoms with Crippen LogP contribution in [-0.2, 0) is 4.79 Å². The van der Waals surface area contributed by atoms with E-state index >= 15 is 0 Å². The molecule has 2 aromatic rings. The number of Topliss-reactive ketones (excluding diaryl/α,β-unsaturated/α-hetero) is 1. The van der Waals surface area contributed by atoms with Crippen molar-refractivity contribution >= 4 is 29.1 Å². The highest BCUT2D eigenvalue weighted by Crippen LogP contribution is 2.15. The Bertz CT molecular complexity index is 640. The van der Waals surface area contributed by atoms with Crippen molar-refractivity contribution in [3.63, 3.8) is 0 Å². The summed E-state index contributed by atoms with van der Waals surface area (Å²) in [5.74, 6) is 5.43. The monoisotopic (exact) mass is 291 g/mol. The largest absolute Gasteiger partial charge is 0.336 e. The summed E-state index contributed by atoms with van der Waals surface area (Å²) in [6, 6.07) is 6.77. The van der Waals surface area contributed by atoms with Gasteiger partial charge in [-0.3, -0.25) is 9.59 Å². The topological polar surface area (TPSA) is 103 Å². The van der Waals surface area contributed by atoms with E-state index in [4.69, 9.17) is 5.84 Å². The number of nitrogens with one attached hydrogen (secondary N) is 1. The van der Waals surface area contributed by atoms with Crippen LogP contribution in [0.4, 0.5) is 5.69 Å². The standard InChI is InChI=1S/C12H13N5O2S/c1-8(18)9-3-2-4-10(5-9)15-11(19)6-20-12-16-14-7-17(12)13/h2-5,7H,6,13H2,1H3,(H,15,19). The molecule has 0 aliphatic rings. The van der Waals surface area contributed by atoms with E-state index in [0.29, 0.717) is 16.4 Å². The van der Waals surface area contributed by atoms with Gasteiger partial charge in [-0.25, -0.2) is 4.68 Å². The van der Waals surface area contributed by atoms with Gasteiger partial charge >= 0.3 is 0 Å². The van der Waals surface area contributed by atoms with Gasteiger partial charge in [0.2, 0.25) is 11.1 Å². The maximum Gasteiger partial charge on any atom is 0.234 e. The van der Waals surface area contributed by atoms with E-state index in [1.54, 1.807) is 24.3 Å². The number of carbonyl (C=O) groups excluding carboxylic acids is 2. The molecule has 0 bridgehead atoms. The highest BCUT2D eigenvalue weighted by molar-refractivity contribution is 7.99. The minimum atomic E-state index is -0.210. The van der Waals surface area contributed by atoms with Gasteiger partial charge in [-0.2, -0.15) is 0 Å². The number of benzene rings is 1. The molecule has 0 saturated heterocycles. The SMILES string of the molecule is CC(=O)c1cccc(NC(=O)CSc2nncn2N)c1. The van der Waals surface area contributed by atoms with Crippen molar-refractivity contribution in [2.75, 3.05) is 16.9 Å². The number of anilines is 1. The molecule has 1 heterocycles. The van der Waals surface area contributed by atoms with E-state index in [1.807, 2.05) is 0 Å². The number of hydrogen-bond donors (Lipinski definition) is 2. The Morgan fingerprint density at radius 2 is 2.25 bits per heavy atom. The Hall–Kier alpha value is -2.35. The lowest BCUT2D eigenvalue weighted by molar-refractivity contribution is -0.113. The van der Waals surface area contributed by atoms with Crippen LogP contribution in [0.5, 0.6) is 0 Å². The fraction of sp³-hybridized carbons (Fsp3) is 0.167. The molecule has 1 amide bonds. The zero-order valence-corrected chi connectivity index (χ0v) is 11.6. The Kier molecular flexibility index (Phi) is 4.36. The quantitative estimate of drug-likeness (QED) is 0.482. The highest BCUT2D eigenvalue weighted by atomic mass is 32.2. The van der Waals surface area contributed by atoms with E-state index in [-0.39, 0.29) is 17.4 Å². The van der Waals surface area contributed by atoms with Crippen molar-refractivity contribution < 1.29 is 9.59 Å². The summed E-state index contributed by atoms with van der Waals surface area (Å²) in [4.78, 5) is 23.0. The first kappa shape index (κ1) is 14.1. The fourth-order valence-electron chi connectivity index (χ4n) is 1.48. The summed E-state index contributed by atoms with van der Waals surface area (Å²) in [6.45, 7) is 1.48. The van der Waals surface area contributed by atoms with Gasteiger partial charge in [0.15, 0.2) is 5.78 Å². The molecule has 0 spiro atoms. The number of ketones is 1. The fourth-order valence-corrected chi connectivity index (χ4v) is 2.11. The zero-order valence-electron chi connectivity index (χ0n) is 10.7. The number of aromatic nitrogens is 3. The van der Waals surface area contributed by atoms with Gasteiger partial charge in [0, 0.05) is 11.3 Å². The van der Waals surface area contributed by atoms with Crippen molar-refractivity contribution in [3.05, 3.63) is 36.2 Å². The molecule has 20 heavy (non-hydrogen) atoms. The predicted molar refractivity (Wildman–Crippen MR) is 76.0 cm³/mol. The van der Waals surface area contributed by atoms with Gasteiger partial charge in [-0.15, -0.1) is 10.2 Å². The van der Waals surface area contributed by atoms with Crippen LogP contribution in [-0.4, -0.2) is 32.3 Å². The minimum absolute atomic E-state index is 0.0493. The molecular weight excluding hydrogens is 278 g/mol. The highest BCUT2D eigenvalue weighted by Gasteiger charge is 2.08. The minimum Gasteiger partial charge on any atom is -0.336 e. The average Bonchev–Trinajstić information content (AvgIpc) is 2.82. The molecule has 0 aliphatic heterocycles. The maximum absolute atomic E-state index is 11.8. The molecule has 104 valence electrons. The Morgan fingerprint density at radius 1 is 1.45 bits per heavy atom. The smallest absolute Gasteiger partial charge is 0.234 e. The van der Waals surface area contributed by atoms with Crippen molar-refractivity contribution in [2.45, 2.75) is 12.1 Å². The normalized spacial score (nSPS) is 10.2. The van der Waals surface area contributed by atoms with Gasteiger partial charge < -0.3 is 11.2 Å². The van der Waals surface area contributed by atoms with E-state index in [0.717, 1.165) is 0 Å². The number of thioether (sulfide) groups is 1. The third kappa shape index (κ3) is 3.58. The summed E-state index contributed by atoms with van der Waals surface area (Å²) in [5.41, 5.74) is 1.13. The van der Waals surface area contributed by atoms with Crippen molar-refractivity contribution in [3.8, 4) is 0 Å². The van der Waals surface area contributed by atoms with E-state index in [9.17, 15) is 9.59 Å². The van der Waals surface area contributed by atoms with Crippen LogP contribution in [0.1, 0.15) is 17.3 Å². The van der Waals surface area contributed by atoms with E-state index < -0.39 is 0 Å². The Balaban J connectivity index is 1.93. The molecule has 0 saturated carbocycles. The number of nitrogens with two attached hydrogens (primary N) is 1. The predicted octanol–water partition coefficient (Wildman–Crippen LogP) is 0.925. The maximum atomic E-state index is 11.8. The molecule has 3 N–H and O–H groups in total. The molecule has 1 aromatic heterocycles. The molecule has 8 heteroatoms. The Morgan fingerprint density at radius 3 is 2.90 bits per heavy atom. The number of hydrogen-bond acceptors (Lipinski definition) is 6. The number of carbonyl (C=O) groups is 2. The van der Waals surface area contributed by atoms with Crippen molar-refractivity contribution in [2.24, 2.45) is 0 Å². The van der Waals surface area contributed by atoms with Gasteiger partial charge in [0.05, 0.1) is 5.75 Å². The van der Waals surface area contributed by atoms with Gasteiger partial charge in [0.25, 0.3) is 0 Å². The van der Waals surface area contributed by atoms with Crippen LogP contribution in [0, 0.1) is 0 Å². The molecule has 0 aliphatic carbocycles. The molecular formula is C12H13N5O2S. The summed E-state index contributed by atoms with van der Waals surface area (Å²) in [7, 11) is 0. The van der Waals surface area contributed by atoms with Crippen LogP contribution < -0.4 is 11.2 Å². The number of amides is 1. The Labute approximate surface area is 119 Å². The van der Waals surface area contributed by atoms with Crippen molar-refractivity contribution in [1.82, 2.24) is 14.9 Å². The second-order valence-corrected chi connectivity index (χ2v) is 4.94. The number of nitrogen functional groups attached to an aromatic ring is 1. The van der Waals surface area contributed by atoms with E-state index in [1.165, 1.54) is 29.7 Å². The van der Waals surface area contributed by atoms with Gasteiger partial charge in [-0.1, -0.05) is 23.9 Å². The van der Waals surface area contributed by atoms with Crippen LogP contribution in [0.25, 0.3) is 0 Å². The number of nitrogens with zero attached hydrogens (tertiary/aromatic N) is 3. The van der Waals surface area contributed by atoms with E-state index in [2.05, 4.69) is 15.5 Å². The summed E-state index contributed by atoms with van der Waals surface area (Å²) >= 11 is 1.18. The first-order chi connectivity index (χ1) is 9.56. The lowest BCUT2D eigenvalue weighted by atomic mass is 10.1. The summed E-state index contributed by atoms with van der Waals surface area (Å²) < 4.78 is 1.24. The lowest BCUT2D eigenvalue weighted by Gasteiger charge is -2.06. The van der Waals surface area contributed by atoms with Gasteiger partial charge in [-0.05, 0) is 19.1 Å². The molecule has 1 aromatic carbocycles. The third-order valence-corrected chi connectivity index (χ3v) is 3.38. The van der Waals surface area contributed by atoms with Crippen LogP contribution in [0.3, 0.4) is 0 Å². The van der Waals surface area contributed by atoms with Gasteiger partial charge in [0.1, 0.15) is 6.33 Å². The molecule has 7 nitrogen and oxygen atoms in total. The lowest BCUT2D eigenvalue weighted by Crippen LogP contribution is -2.16. The van der Waals surface area contributed by atoms with Crippen LogP contribution in [0.15, 0.2) is 35.7 Å². The molecule has 0 atom stereocenters. The van der Waals surface area contributed by atoms with Crippen LogP contribution >= 0.6 is 11.8 Å². The first-order valence-corrected chi connectivity index (χ1v) is 6.73. The third-order valence-electron chi connectivity index (χ3n) is 2.43. The first-order valence-electron chi connectivity index (χ1n) is 5.75. The average molecular weight is 291 g/mol. The molecule has 0 radical (unpaired) electrons. The van der Waals surface area contributed by atoms with Crippen LogP contribution in [0.2, 0.25) is 0 Å². The summed E-state index contributed by atoms with van der Waals surface area (Å²) in [5, 5.41) is 10.5. The second-order valence-electron chi connectivity index (χ2n) is 3.99. The number of rotatable bonds is 5. The van der Waals surface area contributed by atoms with Crippen molar-refractivity contribution in [1.29, 1.82) is 0 Å². The zero-order chi connectivity index (χ0) is 14.5. The summed E-state index contributed by atoms with van der Waals surface area (Å²) in [6.07, 6.45) is 1.36. The molecule has 0 unspecified atom stereocenters.